The molecule has 0 atom stereocenters. The lowest BCUT2D eigenvalue weighted by Gasteiger charge is -2.16. The molecule has 0 saturated carbocycles. The smallest absolute Gasteiger partial charge is 0.333 e. The number of ether oxygens (including phenoxy) is 1. The van der Waals surface area contributed by atoms with Crippen molar-refractivity contribution in [1.29, 1.82) is 0 Å². The van der Waals surface area contributed by atoms with Crippen LogP contribution in [0.2, 0.25) is 25.7 Å². The fourth-order valence-corrected chi connectivity index (χ4v) is 2.93. The molecule has 0 rings (SSSR count). The lowest BCUT2D eigenvalue weighted by atomic mass is 10.2. The first kappa shape index (κ1) is 15.4. The number of esters is 1. The van der Waals surface area contributed by atoms with Crippen LogP contribution < -0.4 is 0 Å². The molecule has 0 bridgehead atoms. The van der Waals surface area contributed by atoms with Crippen molar-refractivity contribution in [1.82, 2.24) is 0 Å². The Morgan fingerprint density at radius 3 is 2.31 bits per heavy atom. The van der Waals surface area contributed by atoms with E-state index in [2.05, 4.69) is 33.1 Å². The Balaban J connectivity index is 3.68. The van der Waals surface area contributed by atoms with Crippen LogP contribution in [0.15, 0.2) is 12.2 Å². The Morgan fingerprint density at radius 2 is 1.81 bits per heavy atom. The van der Waals surface area contributed by atoms with Crippen molar-refractivity contribution < 1.29 is 9.53 Å². The van der Waals surface area contributed by atoms with Gasteiger partial charge < -0.3 is 4.74 Å². The molecule has 0 aromatic rings. The molecule has 0 aromatic carbocycles. The maximum Gasteiger partial charge on any atom is 0.333 e. The van der Waals surface area contributed by atoms with Crippen molar-refractivity contribution in [2.45, 2.75) is 58.3 Å². The van der Waals surface area contributed by atoms with E-state index in [0.717, 1.165) is 18.9 Å². The van der Waals surface area contributed by atoms with Gasteiger partial charge in [-0.3, -0.25) is 0 Å². The summed E-state index contributed by atoms with van der Waals surface area (Å²) in [6.45, 7) is 13.2. The van der Waals surface area contributed by atoms with Gasteiger partial charge in [0.15, 0.2) is 0 Å². The summed E-state index contributed by atoms with van der Waals surface area (Å²) in [6, 6.07) is 0.834. The number of carbonyl (C=O) groups is 1. The minimum Gasteiger partial charge on any atom is -0.462 e. The number of unbranched alkanes of at least 4 members (excludes halogenated alkanes) is 3. The summed E-state index contributed by atoms with van der Waals surface area (Å²) in [6.07, 6.45) is 4.54. The molecule has 0 amide bonds. The van der Waals surface area contributed by atoms with E-state index in [-0.39, 0.29) is 5.97 Å². The lowest BCUT2D eigenvalue weighted by molar-refractivity contribution is -0.139. The molecule has 0 N–H and O–H groups in total. The maximum absolute atomic E-state index is 11.6. The third-order valence-electron chi connectivity index (χ3n) is 2.26. The van der Waals surface area contributed by atoms with Gasteiger partial charge in [-0.1, -0.05) is 52.4 Å². The summed E-state index contributed by atoms with van der Waals surface area (Å²) < 4.78 is 5.18. The van der Waals surface area contributed by atoms with Gasteiger partial charge in [0.2, 0.25) is 0 Å². The van der Waals surface area contributed by atoms with E-state index in [1.807, 2.05) is 0 Å². The van der Waals surface area contributed by atoms with E-state index < -0.39 is 8.07 Å². The lowest BCUT2D eigenvalue weighted by Crippen LogP contribution is -2.23. The van der Waals surface area contributed by atoms with Gasteiger partial charge in [0, 0.05) is 13.6 Å². The number of rotatable bonds is 8. The Morgan fingerprint density at radius 1 is 1.19 bits per heavy atom. The molecule has 0 radical (unpaired) electrons. The molecule has 0 fully saturated rings. The van der Waals surface area contributed by atoms with Crippen LogP contribution >= 0.6 is 0 Å². The zero-order valence-corrected chi connectivity index (χ0v) is 12.3. The molecule has 2 nitrogen and oxygen atoms in total. The molecule has 0 heterocycles. The van der Waals surface area contributed by atoms with E-state index in [1.165, 1.54) is 12.8 Å². The molecule has 0 aliphatic carbocycles. The fourth-order valence-electron chi connectivity index (χ4n) is 1.51. The highest BCUT2D eigenvalue weighted by Gasteiger charge is 2.19. The minimum atomic E-state index is -1.24. The highest BCUT2D eigenvalue weighted by molar-refractivity contribution is 6.77. The Hall–Kier alpha value is -0.573. The molecule has 0 aromatic heterocycles. The maximum atomic E-state index is 11.6. The van der Waals surface area contributed by atoms with Crippen LogP contribution in [-0.4, -0.2) is 20.7 Å². The van der Waals surface area contributed by atoms with Crippen LogP contribution in [0.3, 0.4) is 0 Å². The molecule has 3 heteroatoms. The van der Waals surface area contributed by atoms with Gasteiger partial charge in [0.1, 0.15) is 0 Å². The SMILES string of the molecule is C=C(C[Si](C)(C)C)C(=O)OCCCCCC. The van der Waals surface area contributed by atoms with Gasteiger partial charge in [-0.05, 0) is 12.5 Å². The van der Waals surface area contributed by atoms with Gasteiger partial charge in [-0.15, -0.1) is 0 Å². The zero-order chi connectivity index (χ0) is 12.6. The standard InChI is InChI=1S/C13H26O2Si/c1-6-7-8-9-10-15-13(14)12(2)11-16(3,4)5/h2,6-11H2,1,3-5H3. The first-order valence-electron chi connectivity index (χ1n) is 6.21. The first-order chi connectivity index (χ1) is 7.37. The van der Waals surface area contributed by atoms with Crippen LogP contribution in [0.1, 0.15) is 32.6 Å². The van der Waals surface area contributed by atoms with Crippen molar-refractivity contribution in [2.24, 2.45) is 0 Å². The highest BCUT2D eigenvalue weighted by Crippen LogP contribution is 2.15. The second-order valence-electron chi connectivity index (χ2n) is 5.54. The van der Waals surface area contributed by atoms with Crippen molar-refractivity contribution >= 4 is 14.0 Å². The number of hydrogen-bond acceptors (Lipinski definition) is 2. The van der Waals surface area contributed by atoms with Crippen LogP contribution in [0.4, 0.5) is 0 Å². The van der Waals surface area contributed by atoms with Gasteiger partial charge in [0.05, 0.1) is 6.61 Å². The highest BCUT2D eigenvalue weighted by atomic mass is 28.3. The second kappa shape index (κ2) is 7.66. The van der Waals surface area contributed by atoms with Crippen LogP contribution in [0, 0.1) is 0 Å². The predicted molar refractivity (Wildman–Crippen MR) is 72.4 cm³/mol. The summed E-state index contributed by atoms with van der Waals surface area (Å²) in [5.41, 5.74) is 0.648. The monoisotopic (exact) mass is 242 g/mol. The molecule has 0 saturated heterocycles. The molecular weight excluding hydrogens is 216 g/mol. The quantitative estimate of drug-likeness (QED) is 0.278. The van der Waals surface area contributed by atoms with Crippen LogP contribution in [-0.2, 0) is 9.53 Å². The molecule has 0 aliphatic heterocycles. The molecule has 94 valence electrons. The van der Waals surface area contributed by atoms with Gasteiger partial charge in [-0.25, -0.2) is 4.79 Å². The molecular formula is C13H26O2Si. The summed E-state index contributed by atoms with van der Waals surface area (Å²) >= 11 is 0. The number of carbonyl (C=O) groups excluding carboxylic acids is 1. The summed E-state index contributed by atoms with van der Waals surface area (Å²) in [7, 11) is -1.24. The van der Waals surface area contributed by atoms with Crippen molar-refractivity contribution in [3.63, 3.8) is 0 Å². The molecule has 0 aliphatic rings. The van der Waals surface area contributed by atoms with Crippen molar-refractivity contribution in [3.8, 4) is 0 Å². The topological polar surface area (TPSA) is 26.3 Å². The zero-order valence-electron chi connectivity index (χ0n) is 11.3. The summed E-state index contributed by atoms with van der Waals surface area (Å²) in [4.78, 5) is 11.6. The normalized spacial score (nSPS) is 11.2. The molecule has 16 heavy (non-hydrogen) atoms. The minimum absolute atomic E-state index is 0.195. The molecule has 0 unspecified atom stereocenters. The third-order valence-corrected chi connectivity index (χ3v) is 3.75. The number of hydrogen-bond donors (Lipinski definition) is 0. The van der Waals surface area contributed by atoms with Gasteiger partial charge in [-0.2, -0.15) is 0 Å². The van der Waals surface area contributed by atoms with E-state index >= 15 is 0 Å². The predicted octanol–water partition coefficient (Wildman–Crippen LogP) is 4.00. The van der Waals surface area contributed by atoms with Gasteiger partial charge >= 0.3 is 5.97 Å². The van der Waals surface area contributed by atoms with E-state index in [4.69, 9.17) is 4.74 Å². The van der Waals surface area contributed by atoms with Crippen molar-refractivity contribution in [3.05, 3.63) is 12.2 Å². The van der Waals surface area contributed by atoms with E-state index in [0.29, 0.717) is 12.2 Å². The largest absolute Gasteiger partial charge is 0.462 e. The van der Waals surface area contributed by atoms with Crippen molar-refractivity contribution in [2.75, 3.05) is 6.61 Å². The van der Waals surface area contributed by atoms with Crippen LogP contribution in [0.5, 0.6) is 0 Å². The van der Waals surface area contributed by atoms with Crippen LogP contribution in [0.25, 0.3) is 0 Å². The Bertz CT molecular complexity index is 229. The second-order valence-corrected chi connectivity index (χ2v) is 11.0. The molecule has 0 spiro atoms. The summed E-state index contributed by atoms with van der Waals surface area (Å²) in [5.74, 6) is -0.195. The fraction of sp³-hybridized carbons (Fsp3) is 0.769. The average molecular weight is 242 g/mol. The van der Waals surface area contributed by atoms with E-state index in [9.17, 15) is 4.79 Å². The Labute approximate surface area is 101 Å². The third kappa shape index (κ3) is 8.71. The average Bonchev–Trinajstić information content (AvgIpc) is 2.14. The first-order valence-corrected chi connectivity index (χ1v) is 9.92. The van der Waals surface area contributed by atoms with Gasteiger partial charge in [0.25, 0.3) is 0 Å². The Kier molecular flexibility index (Phi) is 7.39. The van der Waals surface area contributed by atoms with E-state index in [1.54, 1.807) is 0 Å². The summed E-state index contributed by atoms with van der Waals surface area (Å²) in [5, 5.41) is 0.